The van der Waals surface area contributed by atoms with E-state index in [-0.39, 0.29) is 18.2 Å². The Morgan fingerprint density at radius 2 is 2.13 bits per heavy atom. The summed E-state index contributed by atoms with van der Waals surface area (Å²) in [5, 5.41) is 7.20. The number of nitrogens with zero attached hydrogens (tertiary/aromatic N) is 3. The zero-order valence-corrected chi connectivity index (χ0v) is 14.8. The van der Waals surface area contributed by atoms with Crippen LogP contribution in [0.3, 0.4) is 0 Å². The molecule has 1 aliphatic rings. The molecule has 0 bridgehead atoms. The number of nitrogens with one attached hydrogen (secondary N) is 1. The minimum absolute atomic E-state index is 0.0437. The fourth-order valence-corrected chi connectivity index (χ4v) is 2.68. The van der Waals surface area contributed by atoms with Crippen LogP contribution in [0, 0.1) is 0 Å². The Hall–Kier alpha value is -1.83. The molecule has 1 amide bonds. The van der Waals surface area contributed by atoms with Gasteiger partial charge < -0.3 is 14.8 Å². The van der Waals surface area contributed by atoms with Gasteiger partial charge in [0.05, 0.1) is 6.20 Å². The summed E-state index contributed by atoms with van der Waals surface area (Å²) >= 11 is 3.38. The van der Waals surface area contributed by atoms with E-state index in [9.17, 15) is 4.79 Å². The molecule has 0 unspecified atom stereocenters. The molecule has 7 nitrogen and oxygen atoms in total. The molecule has 124 valence electrons. The second-order valence-electron chi connectivity index (χ2n) is 6.58. The normalized spacial score (nSPS) is 20.9. The summed E-state index contributed by atoms with van der Waals surface area (Å²) in [6.45, 7) is 5.53. The fourth-order valence-electron chi connectivity index (χ4n) is 2.32. The fraction of sp³-hybridized carbons (Fsp3) is 0.533. The minimum atomic E-state index is -0.485. The molecule has 0 atom stereocenters. The van der Waals surface area contributed by atoms with Gasteiger partial charge in [-0.3, -0.25) is 0 Å². The Morgan fingerprint density at radius 1 is 1.39 bits per heavy atom. The number of aromatic nitrogens is 3. The van der Waals surface area contributed by atoms with Crippen LogP contribution in [0.4, 0.5) is 4.79 Å². The molecule has 23 heavy (non-hydrogen) atoms. The van der Waals surface area contributed by atoms with Crippen molar-refractivity contribution in [1.29, 1.82) is 0 Å². The molecular formula is C15H19BrN4O3. The highest BCUT2D eigenvalue weighted by Gasteiger charge is 2.33. The molecule has 2 heterocycles. The number of halogens is 1. The molecule has 0 radical (unpaired) electrons. The third kappa shape index (κ3) is 3.93. The summed E-state index contributed by atoms with van der Waals surface area (Å²) in [6, 6.07) is 3.73. The van der Waals surface area contributed by atoms with E-state index in [1.165, 1.54) is 0 Å². The summed E-state index contributed by atoms with van der Waals surface area (Å²) in [5.74, 6) is 0.539. The van der Waals surface area contributed by atoms with E-state index in [0.29, 0.717) is 5.88 Å². The first-order valence-electron chi connectivity index (χ1n) is 7.46. The molecule has 1 fully saturated rings. The van der Waals surface area contributed by atoms with Gasteiger partial charge in [-0.05, 0) is 42.8 Å². The number of alkyl carbamates (subject to hydrolysis) is 1. The zero-order valence-electron chi connectivity index (χ0n) is 13.2. The van der Waals surface area contributed by atoms with E-state index in [0.717, 1.165) is 23.1 Å². The predicted octanol–water partition coefficient (Wildman–Crippen LogP) is 2.93. The zero-order chi connectivity index (χ0) is 16.6. The van der Waals surface area contributed by atoms with E-state index < -0.39 is 5.60 Å². The van der Waals surface area contributed by atoms with Gasteiger partial charge in [0.15, 0.2) is 5.65 Å². The van der Waals surface area contributed by atoms with Crippen molar-refractivity contribution in [3.05, 3.63) is 22.9 Å². The minimum Gasteiger partial charge on any atom is -0.473 e. The summed E-state index contributed by atoms with van der Waals surface area (Å²) in [4.78, 5) is 15.9. The van der Waals surface area contributed by atoms with Gasteiger partial charge in [0.25, 0.3) is 0 Å². The van der Waals surface area contributed by atoms with E-state index in [2.05, 4.69) is 31.3 Å². The van der Waals surface area contributed by atoms with Crippen molar-refractivity contribution < 1.29 is 14.3 Å². The molecule has 0 aromatic carbocycles. The number of hydrogen-bond donors (Lipinski definition) is 1. The van der Waals surface area contributed by atoms with E-state index in [1.54, 1.807) is 16.8 Å². The molecule has 0 saturated heterocycles. The van der Waals surface area contributed by atoms with Crippen LogP contribution in [0.25, 0.3) is 5.65 Å². The van der Waals surface area contributed by atoms with Gasteiger partial charge in [-0.25, -0.2) is 14.3 Å². The molecule has 2 aromatic rings. The summed E-state index contributed by atoms with van der Waals surface area (Å²) in [5.41, 5.74) is 0.267. The summed E-state index contributed by atoms with van der Waals surface area (Å²) in [7, 11) is 0. The number of carbonyl (C=O) groups excluding carboxylic acids is 1. The van der Waals surface area contributed by atoms with Crippen LogP contribution in [0.5, 0.6) is 5.88 Å². The van der Waals surface area contributed by atoms with Gasteiger partial charge in [-0.15, -0.1) is 5.10 Å². The Bertz CT molecular complexity index is 719. The maximum atomic E-state index is 11.7. The Morgan fingerprint density at radius 3 is 2.83 bits per heavy atom. The van der Waals surface area contributed by atoms with Gasteiger partial charge in [0.1, 0.15) is 16.3 Å². The molecule has 1 saturated carbocycles. The third-order valence-corrected chi connectivity index (χ3v) is 3.94. The first-order chi connectivity index (χ1) is 10.8. The van der Waals surface area contributed by atoms with Crippen molar-refractivity contribution in [2.45, 2.75) is 51.4 Å². The number of fused-ring (bicyclic) bond motifs is 1. The molecule has 1 aliphatic carbocycles. The molecule has 3 rings (SSSR count). The molecule has 1 N–H and O–H groups in total. The van der Waals surface area contributed by atoms with Crippen LogP contribution in [0.15, 0.2) is 22.9 Å². The lowest BCUT2D eigenvalue weighted by molar-refractivity contribution is 0.0352. The smallest absolute Gasteiger partial charge is 0.407 e. The first kappa shape index (κ1) is 16.0. The van der Waals surface area contributed by atoms with Crippen molar-refractivity contribution in [3.63, 3.8) is 0 Å². The average Bonchev–Trinajstić information content (AvgIpc) is 2.76. The third-order valence-electron chi connectivity index (χ3n) is 3.40. The number of rotatable bonds is 3. The lowest BCUT2D eigenvalue weighted by Gasteiger charge is -2.35. The maximum Gasteiger partial charge on any atom is 0.407 e. The number of carbonyl (C=O) groups is 1. The quantitative estimate of drug-likeness (QED) is 0.882. The topological polar surface area (TPSA) is 77.8 Å². The molecule has 0 aliphatic heterocycles. The highest BCUT2D eigenvalue weighted by Crippen LogP contribution is 2.26. The van der Waals surface area contributed by atoms with E-state index >= 15 is 0 Å². The van der Waals surface area contributed by atoms with Gasteiger partial charge in [0, 0.05) is 24.9 Å². The average molecular weight is 383 g/mol. The van der Waals surface area contributed by atoms with Gasteiger partial charge in [0.2, 0.25) is 5.88 Å². The monoisotopic (exact) mass is 382 g/mol. The molecule has 2 aromatic heterocycles. The first-order valence-corrected chi connectivity index (χ1v) is 8.26. The van der Waals surface area contributed by atoms with E-state index in [4.69, 9.17) is 9.47 Å². The summed E-state index contributed by atoms with van der Waals surface area (Å²) < 4.78 is 13.5. The number of imidazole rings is 1. The largest absolute Gasteiger partial charge is 0.473 e. The van der Waals surface area contributed by atoms with Crippen molar-refractivity contribution in [1.82, 2.24) is 19.9 Å². The number of amides is 1. The van der Waals surface area contributed by atoms with Crippen molar-refractivity contribution in [2.75, 3.05) is 0 Å². The van der Waals surface area contributed by atoms with Crippen LogP contribution in [-0.2, 0) is 4.74 Å². The molecular weight excluding hydrogens is 364 g/mol. The lowest BCUT2D eigenvalue weighted by Crippen LogP contribution is -2.50. The Labute approximate surface area is 142 Å². The van der Waals surface area contributed by atoms with Gasteiger partial charge in [-0.2, -0.15) is 0 Å². The second kappa shape index (κ2) is 5.99. The van der Waals surface area contributed by atoms with Crippen molar-refractivity contribution >= 4 is 27.7 Å². The van der Waals surface area contributed by atoms with Crippen LogP contribution < -0.4 is 10.1 Å². The summed E-state index contributed by atoms with van der Waals surface area (Å²) in [6.07, 6.45) is 2.83. The Balaban J connectivity index is 1.49. The molecule has 8 heteroatoms. The SMILES string of the molecule is CC(C)(C)OC(=O)NC1CC(Oc2ccc3ncc(Br)n3n2)C1. The molecule has 0 spiro atoms. The van der Waals surface area contributed by atoms with Crippen LogP contribution >= 0.6 is 15.9 Å². The standard InChI is InChI=1S/C15H19BrN4O3/c1-15(2,3)23-14(21)18-9-6-10(7-9)22-13-5-4-12-17-8-11(16)20(12)19-13/h4-5,8-10H,6-7H2,1-3H3,(H,18,21). The highest BCUT2D eigenvalue weighted by atomic mass is 79.9. The van der Waals surface area contributed by atoms with Gasteiger partial charge in [-0.1, -0.05) is 0 Å². The van der Waals surface area contributed by atoms with Gasteiger partial charge >= 0.3 is 6.09 Å². The maximum absolute atomic E-state index is 11.7. The van der Waals surface area contributed by atoms with Crippen LogP contribution in [-0.4, -0.2) is 38.4 Å². The lowest BCUT2D eigenvalue weighted by atomic mass is 9.89. The van der Waals surface area contributed by atoms with Crippen molar-refractivity contribution in [3.8, 4) is 5.88 Å². The predicted molar refractivity (Wildman–Crippen MR) is 87.5 cm³/mol. The Kier molecular flexibility index (Phi) is 4.18. The number of hydrogen-bond acceptors (Lipinski definition) is 5. The van der Waals surface area contributed by atoms with Crippen LogP contribution in [0.2, 0.25) is 0 Å². The number of ether oxygens (including phenoxy) is 2. The van der Waals surface area contributed by atoms with E-state index in [1.807, 2.05) is 26.8 Å². The van der Waals surface area contributed by atoms with Crippen LogP contribution in [0.1, 0.15) is 33.6 Å². The second-order valence-corrected chi connectivity index (χ2v) is 7.39. The van der Waals surface area contributed by atoms with Crippen molar-refractivity contribution in [2.24, 2.45) is 0 Å². The highest BCUT2D eigenvalue weighted by molar-refractivity contribution is 9.10.